The zero-order valence-corrected chi connectivity index (χ0v) is 16.0. The van der Waals surface area contributed by atoms with Crippen molar-refractivity contribution in [3.8, 4) is 5.75 Å². The average molecular weight is 418 g/mol. The zero-order chi connectivity index (χ0) is 18.1. The van der Waals surface area contributed by atoms with Gasteiger partial charge in [-0.3, -0.25) is 25.8 Å². The van der Waals surface area contributed by atoms with Crippen LogP contribution in [0.4, 0.5) is 0 Å². The van der Waals surface area contributed by atoms with Crippen LogP contribution < -0.4 is 20.9 Å². The van der Waals surface area contributed by atoms with Crippen LogP contribution in [0.25, 0.3) is 0 Å². The van der Waals surface area contributed by atoms with E-state index in [4.69, 9.17) is 21.7 Å². The van der Waals surface area contributed by atoms with E-state index >= 15 is 0 Å². The highest BCUT2D eigenvalue weighted by Gasteiger charge is 2.16. The molecule has 1 aromatic rings. The number of ether oxygens (including phenoxy) is 2. The van der Waals surface area contributed by atoms with Gasteiger partial charge in [0.1, 0.15) is 12.4 Å². The van der Waals surface area contributed by atoms with Crippen molar-refractivity contribution < 1.29 is 19.1 Å². The summed E-state index contributed by atoms with van der Waals surface area (Å²) in [5.41, 5.74) is 5.08. The Balaban J connectivity index is 2.65. The lowest BCUT2D eigenvalue weighted by Gasteiger charge is -2.15. The molecule has 0 aromatic heterocycles. The highest BCUT2D eigenvalue weighted by atomic mass is 79.9. The molecule has 0 saturated carbocycles. The third-order valence-corrected chi connectivity index (χ3v) is 3.23. The first-order chi connectivity index (χ1) is 11.3. The van der Waals surface area contributed by atoms with Crippen LogP contribution in [0.5, 0.6) is 5.75 Å². The van der Waals surface area contributed by atoms with Gasteiger partial charge in [0.2, 0.25) is 0 Å². The number of thiocarbonyl (C=S) groups is 1. The van der Waals surface area contributed by atoms with E-state index < -0.39 is 11.8 Å². The average Bonchev–Trinajstić information content (AvgIpc) is 2.52. The van der Waals surface area contributed by atoms with Crippen molar-refractivity contribution in [2.45, 2.75) is 26.9 Å². The number of carbonyl (C=O) groups is 2. The van der Waals surface area contributed by atoms with Gasteiger partial charge in [0.05, 0.1) is 11.7 Å². The van der Waals surface area contributed by atoms with Crippen molar-refractivity contribution in [1.29, 1.82) is 0 Å². The quantitative estimate of drug-likeness (QED) is 0.483. The molecule has 132 valence electrons. The lowest BCUT2D eigenvalue weighted by Crippen LogP contribution is -2.49. The van der Waals surface area contributed by atoms with Gasteiger partial charge in [-0.15, -0.1) is 0 Å². The molecule has 0 saturated heterocycles. The van der Waals surface area contributed by atoms with Crippen molar-refractivity contribution in [2.24, 2.45) is 0 Å². The van der Waals surface area contributed by atoms with E-state index in [-0.39, 0.29) is 17.8 Å². The van der Waals surface area contributed by atoms with Crippen LogP contribution in [0.1, 0.15) is 31.1 Å². The van der Waals surface area contributed by atoms with Crippen LogP contribution in [-0.2, 0) is 9.53 Å². The Morgan fingerprint density at radius 1 is 1.29 bits per heavy atom. The Labute approximate surface area is 154 Å². The fourth-order valence-electron chi connectivity index (χ4n) is 1.60. The zero-order valence-electron chi connectivity index (χ0n) is 13.6. The van der Waals surface area contributed by atoms with Crippen LogP contribution in [0, 0.1) is 0 Å². The Bertz CT molecular complexity index is 610. The fraction of sp³-hybridized carbons (Fsp3) is 0.400. The largest absolute Gasteiger partial charge is 0.490 e. The first-order valence-corrected chi connectivity index (χ1v) is 8.47. The Hall–Kier alpha value is -1.71. The van der Waals surface area contributed by atoms with Crippen LogP contribution >= 0.6 is 28.1 Å². The molecule has 1 aromatic carbocycles. The standard InChI is InChI=1S/C15H20BrN3O4S/c1-4-22-8-13(20)18-19-15(24)17-14(21)11-7-10(16)5-6-12(11)23-9(2)3/h5-7,9H,4,8H2,1-3H3,(H,18,20)(H2,17,19,21,24). The Kier molecular flexibility index (Phi) is 8.66. The maximum absolute atomic E-state index is 12.3. The third kappa shape index (κ3) is 7.24. The highest BCUT2D eigenvalue weighted by molar-refractivity contribution is 9.10. The van der Waals surface area contributed by atoms with Gasteiger partial charge in [0.25, 0.3) is 11.8 Å². The second-order valence-electron chi connectivity index (χ2n) is 4.90. The highest BCUT2D eigenvalue weighted by Crippen LogP contribution is 2.24. The van der Waals surface area contributed by atoms with Crippen LogP contribution in [0.3, 0.4) is 0 Å². The van der Waals surface area contributed by atoms with Gasteiger partial charge < -0.3 is 9.47 Å². The van der Waals surface area contributed by atoms with Crippen molar-refractivity contribution in [3.05, 3.63) is 28.2 Å². The predicted octanol–water partition coefficient (Wildman–Crippen LogP) is 1.91. The van der Waals surface area contributed by atoms with Crippen molar-refractivity contribution in [2.75, 3.05) is 13.2 Å². The molecule has 1 rings (SSSR count). The molecule has 24 heavy (non-hydrogen) atoms. The van der Waals surface area contributed by atoms with Gasteiger partial charge in [-0.05, 0) is 51.2 Å². The van der Waals surface area contributed by atoms with E-state index in [0.717, 1.165) is 4.47 Å². The third-order valence-electron chi connectivity index (χ3n) is 2.53. The summed E-state index contributed by atoms with van der Waals surface area (Å²) in [5.74, 6) is -0.419. The van der Waals surface area contributed by atoms with E-state index in [1.54, 1.807) is 25.1 Å². The monoisotopic (exact) mass is 417 g/mol. The first-order valence-electron chi connectivity index (χ1n) is 7.27. The topological polar surface area (TPSA) is 88.7 Å². The summed E-state index contributed by atoms with van der Waals surface area (Å²) in [4.78, 5) is 23.7. The molecule has 0 spiro atoms. The molecular weight excluding hydrogens is 398 g/mol. The SMILES string of the molecule is CCOCC(=O)NNC(=S)NC(=O)c1cc(Br)ccc1OC(C)C. The number of nitrogens with one attached hydrogen (secondary N) is 3. The van der Waals surface area contributed by atoms with Crippen LogP contribution in [0.15, 0.2) is 22.7 Å². The lowest BCUT2D eigenvalue weighted by atomic mass is 10.2. The molecule has 0 radical (unpaired) electrons. The molecule has 0 aliphatic rings. The summed E-state index contributed by atoms with van der Waals surface area (Å²) < 4.78 is 11.3. The molecule has 0 atom stereocenters. The van der Waals surface area contributed by atoms with Gasteiger partial charge in [0, 0.05) is 11.1 Å². The van der Waals surface area contributed by atoms with E-state index in [1.165, 1.54) is 0 Å². The first kappa shape index (κ1) is 20.3. The molecule has 0 bridgehead atoms. The molecular formula is C15H20BrN3O4S. The van der Waals surface area contributed by atoms with Gasteiger partial charge in [-0.1, -0.05) is 15.9 Å². The minimum absolute atomic E-state index is 0.0414. The van der Waals surface area contributed by atoms with Gasteiger partial charge in [-0.25, -0.2) is 0 Å². The fourth-order valence-corrected chi connectivity index (χ4v) is 2.10. The van der Waals surface area contributed by atoms with Crippen LogP contribution in [-0.4, -0.2) is 36.2 Å². The summed E-state index contributed by atoms with van der Waals surface area (Å²) >= 11 is 8.29. The predicted molar refractivity (Wildman–Crippen MR) is 97.7 cm³/mol. The minimum Gasteiger partial charge on any atom is -0.490 e. The number of carbonyl (C=O) groups excluding carboxylic acids is 2. The van der Waals surface area contributed by atoms with E-state index in [1.807, 2.05) is 13.8 Å². The normalized spacial score (nSPS) is 10.2. The molecule has 2 amide bonds. The summed E-state index contributed by atoms with van der Waals surface area (Å²) in [6.07, 6.45) is -0.0827. The van der Waals surface area contributed by atoms with Crippen molar-refractivity contribution in [3.63, 3.8) is 0 Å². The molecule has 0 aliphatic heterocycles. The second-order valence-corrected chi connectivity index (χ2v) is 6.22. The number of halogens is 1. The van der Waals surface area contributed by atoms with Gasteiger partial charge >= 0.3 is 0 Å². The summed E-state index contributed by atoms with van der Waals surface area (Å²) in [6.45, 7) is 5.84. The molecule has 9 heteroatoms. The van der Waals surface area contributed by atoms with Gasteiger partial charge in [0.15, 0.2) is 5.11 Å². The van der Waals surface area contributed by atoms with Gasteiger partial charge in [-0.2, -0.15) is 0 Å². The maximum Gasteiger partial charge on any atom is 0.264 e. The number of hydrazine groups is 1. The molecule has 0 fully saturated rings. The summed E-state index contributed by atoms with van der Waals surface area (Å²) in [7, 11) is 0. The van der Waals surface area contributed by atoms with E-state index in [9.17, 15) is 9.59 Å². The van der Waals surface area contributed by atoms with Crippen molar-refractivity contribution >= 4 is 45.1 Å². The van der Waals surface area contributed by atoms with E-state index in [0.29, 0.717) is 17.9 Å². The maximum atomic E-state index is 12.3. The number of hydrogen-bond donors (Lipinski definition) is 3. The number of hydrogen-bond acceptors (Lipinski definition) is 5. The molecule has 3 N–H and O–H groups in total. The lowest BCUT2D eigenvalue weighted by molar-refractivity contribution is -0.126. The molecule has 0 unspecified atom stereocenters. The Morgan fingerprint density at radius 3 is 2.62 bits per heavy atom. The van der Waals surface area contributed by atoms with E-state index in [2.05, 4.69) is 32.1 Å². The smallest absolute Gasteiger partial charge is 0.264 e. The number of rotatable bonds is 6. The molecule has 0 heterocycles. The summed E-state index contributed by atoms with van der Waals surface area (Å²) in [5, 5.41) is 2.43. The number of benzene rings is 1. The second kappa shape index (κ2) is 10.2. The minimum atomic E-state index is -0.455. The molecule has 7 nitrogen and oxygen atoms in total. The Morgan fingerprint density at radius 2 is 2.00 bits per heavy atom. The summed E-state index contributed by atoms with van der Waals surface area (Å²) in [6, 6.07) is 5.10. The molecule has 0 aliphatic carbocycles. The van der Waals surface area contributed by atoms with Crippen molar-refractivity contribution in [1.82, 2.24) is 16.2 Å². The number of amides is 2. The van der Waals surface area contributed by atoms with Crippen LogP contribution in [0.2, 0.25) is 0 Å².